The molecular weight excluding hydrogens is 371 g/mol. The molecule has 0 fully saturated rings. The largest absolute Gasteiger partial charge is 0.508 e. The molecule has 0 bridgehead atoms. The highest BCUT2D eigenvalue weighted by Gasteiger charge is 2.26. The smallest absolute Gasteiger partial charge is 0.344 e. The van der Waals surface area contributed by atoms with Crippen molar-refractivity contribution in [1.29, 1.82) is 0 Å². The summed E-state index contributed by atoms with van der Waals surface area (Å²) in [6, 6.07) is 7.07. The van der Waals surface area contributed by atoms with Gasteiger partial charge < -0.3 is 14.6 Å². The molecule has 0 saturated carbocycles. The zero-order valence-electron chi connectivity index (χ0n) is 17.5. The number of phenols is 1. The Balaban J connectivity index is 1.91. The first-order chi connectivity index (χ1) is 13.8. The Bertz CT molecular complexity index is 904. The van der Waals surface area contributed by atoms with Crippen molar-refractivity contribution in [2.24, 2.45) is 0 Å². The number of esters is 1. The monoisotopic (exact) mass is 400 g/mol. The minimum absolute atomic E-state index is 0.00237. The molecule has 0 heterocycles. The number of benzene rings is 2. The molecule has 29 heavy (non-hydrogen) atoms. The van der Waals surface area contributed by atoms with Gasteiger partial charge in [0.05, 0.1) is 6.61 Å². The molecule has 5 heteroatoms. The van der Waals surface area contributed by atoms with Crippen molar-refractivity contribution in [2.75, 3.05) is 13.2 Å². The van der Waals surface area contributed by atoms with E-state index in [1.165, 1.54) is 5.56 Å². The van der Waals surface area contributed by atoms with Gasteiger partial charge in [0.15, 0.2) is 6.61 Å². The number of fused-ring (bicyclic) bond motifs is 1. The Morgan fingerprint density at radius 2 is 1.97 bits per heavy atom. The number of hydrogen-bond acceptors (Lipinski definition) is 4. The Labute approximate surface area is 171 Å². The normalized spacial score (nSPS) is 15.4. The maximum absolute atomic E-state index is 15.0. The van der Waals surface area contributed by atoms with Gasteiger partial charge in [-0.2, -0.15) is 0 Å². The fraction of sp³-hybridized carbons (Fsp3) is 0.458. The van der Waals surface area contributed by atoms with E-state index in [1.54, 1.807) is 19.1 Å². The highest BCUT2D eigenvalue weighted by molar-refractivity contribution is 5.71. The molecule has 1 atom stereocenters. The molecule has 2 aromatic rings. The van der Waals surface area contributed by atoms with E-state index >= 15 is 4.39 Å². The molecule has 0 radical (unpaired) electrons. The number of phenolic OH excluding ortho intramolecular Hbond substituents is 1. The van der Waals surface area contributed by atoms with Crippen molar-refractivity contribution in [1.82, 2.24) is 0 Å². The van der Waals surface area contributed by atoms with Gasteiger partial charge in [0, 0.05) is 12.0 Å². The van der Waals surface area contributed by atoms with Crippen molar-refractivity contribution in [3.8, 4) is 11.5 Å². The van der Waals surface area contributed by atoms with Gasteiger partial charge in [-0.25, -0.2) is 9.18 Å². The second-order valence-electron chi connectivity index (χ2n) is 7.95. The molecule has 3 rings (SSSR count). The van der Waals surface area contributed by atoms with E-state index in [0.29, 0.717) is 35.8 Å². The van der Waals surface area contributed by atoms with E-state index in [2.05, 4.69) is 6.92 Å². The predicted octanol–water partition coefficient (Wildman–Crippen LogP) is 5.24. The maximum Gasteiger partial charge on any atom is 0.344 e. The van der Waals surface area contributed by atoms with Crippen LogP contribution in [-0.4, -0.2) is 24.3 Å². The fourth-order valence-electron chi connectivity index (χ4n) is 4.22. The number of halogens is 1. The van der Waals surface area contributed by atoms with E-state index < -0.39 is 0 Å². The van der Waals surface area contributed by atoms with E-state index in [9.17, 15) is 9.90 Å². The molecule has 156 valence electrons. The second-order valence-corrected chi connectivity index (χ2v) is 7.95. The number of ether oxygens (including phenoxy) is 2. The van der Waals surface area contributed by atoms with Crippen LogP contribution in [0.4, 0.5) is 4.39 Å². The number of rotatable bonds is 7. The first-order valence-electron chi connectivity index (χ1n) is 10.3. The van der Waals surface area contributed by atoms with Crippen molar-refractivity contribution in [2.45, 2.75) is 58.8 Å². The van der Waals surface area contributed by atoms with Crippen LogP contribution in [0.3, 0.4) is 0 Å². The van der Waals surface area contributed by atoms with Crippen LogP contribution < -0.4 is 4.74 Å². The lowest BCUT2D eigenvalue weighted by Gasteiger charge is -2.18. The van der Waals surface area contributed by atoms with Crippen LogP contribution in [0.2, 0.25) is 0 Å². The van der Waals surface area contributed by atoms with Gasteiger partial charge in [-0.3, -0.25) is 0 Å². The lowest BCUT2D eigenvalue weighted by Crippen LogP contribution is -2.15. The van der Waals surface area contributed by atoms with E-state index in [1.807, 2.05) is 26.0 Å². The SMILES string of the molecule is CCOC(=O)COc1ccc(Cc2ccc(O)c(C(C)C)c2F)c2c1CCC2C. The Kier molecular flexibility index (Phi) is 6.46. The van der Waals surface area contributed by atoms with Crippen LogP contribution in [0.15, 0.2) is 24.3 Å². The van der Waals surface area contributed by atoms with E-state index in [4.69, 9.17) is 9.47 Å². The summed E-state index contributed by atoms with van der Waals surface area (Å²) in [5, 5.41) is 10.0. The Morgan fingerprint density at radius 3 is 2.66 bits per heavy atom. The van der Waals surface area contributed by atoms with E-state index in [-0.39, 0.29) is 30.1 Å². The molecule has 0 aliphatic heterocycles. The zero-order valence-corrected chi connectivity index (χ0v) is 17.5. The number of carbonyl (C=O) groups excluding carboxylic acids is 1. The van der Waals surface area contributed by atoms with Crippen molar-refractivity contribution < 1.29 is 23.8 Å². The lowest BCUT2D eigenvalue weighted by molar-refractivity contribution is -0.145. The summed E-state index contributed by atoms with van der Waals surface area (Å²) in [7, 11) is 0. The first-order valence-corrected chi connectivity index (χ1v) is 10.3. The molecule has 0 amide bonds. The molecular formula is C24H29FO4. The average Bonchev–Trinajstić information content (AvgIpc) is 3.05. The van der Waals surface area contributed by atoms with Crippen LogP contribution in [0, 0.1) is 5.82 Å². The lowest BCUT2D eigenvalue weighted by atomic mass is 9.90. The molecule has 1 aliphatic carbocycles. The maximum atomic E-state index is 15.0. The average molecular weight is 400 g/mol. The third-order valence-corrected chi connectivity index (χ3v) is 5.57. The molecule has 1 unspecified atom stereocenters. The van der Waals surface area contributed by atoms with Crippen LogP contribution in [0.25, 0.3) is 0 Å². The summed E-state index contributed by atoms with van der Waals surface area (Å²) < 4.78 is 25.7. The standard InChI is InChI=1S/C24H29FO4/c1-5-28-21(27)13-29-20-11-8-16(23-15(4)6-9-18(20)23)12-17-7-10-19(26)22(14(2)3)24(17)25/h7-8,10-11,14-15,26H,5-6,9,12-13H2,1-4H3. The van der Waals surface area contributed by atoms with Crippen molar-refractivity contribution in [3.63, 3.8) is 0 Å². The molecule has 0 spiro atoms. The zero-order chi connectivity index (χ0) is 21.1. The topological polar surface area (TPSA) is 55.8 Å². The van der Waals surface area contributed by atoms with E-state index in [0.717, 1.165) is 24.0 Å². The van der Waals surface area contributed by atoms with Gasteiger partial charge in [-0.15, -0.1) is 0 Å². The Hall–Kier alpha value is -2.56. The third kappa shape index (κ3) is 4.39. The minimum atomic E-state index is -0.385. The highest BCUT2D eigenvalue weighted by atomic mass is 19.1. The molecule has 0 saturated heterocycles. The highest BCUT2D eigenvalue weighted by Crippen LogP contribution is 2.41. The molecule has 0 aromatic heterocycles. The van der Waals surface area contributed by atoms with Crippen molar-refractivity contribution in [3.05, 3.63) is 57.9 Å². The van der Waals surface area contributed by atoms with Crippen LogP contribution in [0.1, 0.15) is 73.8 Å². The van der Waals surface area contributed by atoms with Gasteiger partial charge in [-0.05, 0) is 66.0 Å². The number of hydrogen-bond donors (Lipinski definition) is 1. The third-order valence-electron chi connectivity index (χ3n) is 5.57. The number of carbonyl (C=O) groups is 1. The Morgan fingerprint density at radius 1 is 1.24 bits per heavy atom. The fourth-order valence-corrected chi connectivity index (χ4v) is 4.22. The van der Waals surface area contributed by atoms with Gasteiger partial charge in [0.2, 0.25) is 0 Å². The second kappa shape index (κ2) is 8.85. The quantitative estimate of drug-likeness (QED) is 0.646. The van der Waals surface area contributed by atoms with Crippen LogP contribution >= 0.6 is 0 Å². The predicted molar refractivity (Wildman–Crippen MR) is 110 cm³/mol. The summed E-state index contributed by atoms with van der Waals surface area (Å²) in [5.74, 6) is 0.234. The molecule has 4 nitrogen and oxygen atoms in total. The first kappa shape index (κ1) is 21.2. The van der Waals surface area contributed by atoms with Crippen LogP contribution in [-0.2, 0) is 22.4 Å². The van der Waals surface area contributed by atoms with Gasteiger partial charge in [0.1, 0.15) is 17.3 Å². The van der Waals surface area contributed by atoms with Gasteiger partial charge >= 0.3 is 5.97 Å². The van der Waals surface area contributed by atoms with Gasteiger partial charge in [0.25, 0.3) is 0 Å². The summed E-state index contributed by atoms with van der Waals surface area (Å²) >= 11 is 0. The molecule has 2 aromatic carbocycles. The summed E-state index contributed by atoms with van der Waals surface area (Å²) in [6.07, 6.45) is 2.33. The summed E-state index contributed by atoms with van der Waals surface area (Å²) in [4.78, 5) is 11.6. The molecule has 1 aliphatic rings. The van der Waals surface area contributed by atoms with Crippen LogP contribution in [0.5, 0.6) is 11.5 Å². The molecule has 1 N–H and O–H groups in total. The van der Waals surface area contributed by atoms with Crippen molar-refractivity contribution >= 4 is 5.97 Å². The minimum Gasteiger partial charge on any atom is -0.508 e. The summed E-state index contributed by atoms with van der Waals surface area (Å²) in [5.41, 5.74) is 4.29. The van der Waals surface area contributed by atoms with Gasteiger partial charge in [-0.1, -0.05) is 32.9 Å². The number of aromatic hydroxyl groups is 1. The summed E-state index contributed by atoms with van der Waals surface area (Å²) in [6.45, 7) is 7.89.